The van der Waals surface area contributed by atoms with E-state index in [1.165, 1.54) is 6.07 Å². The summed E-state index contributed by atoms with van der Waals surface area (Å²) >= 11 is 0. The van der Waals surface area contributed by atoms with Gasteiger partial charge in [0.15, 0.2) is 11.5 Å². The molecule has 0 aromatic heterocycles. The van der Waals surface area contributed by atoms with Crippen LogP contribution < -0.4 is 15.2 Å². The van der Waals surface area contributed by atoms with E-state index in [9.17, 15) is 4.39 Å². The molecule has 0 heterocycles. The van der Waals surface area contributed by atoms with Crippen molar-refractivity contribution < 1.29 is 13.9 Å². The van der Waals surface area contributed by atoms with Gasteiger partial charge in [-0.2, -0.15) is 0 Å². The van der Waals surface area contributed by atoms with Gasteiger partial charge in [0, 0.05) is 5.92 Å². The third kappa shape index (κ3) is 3.98. The second-order valence-electron chi connectivity index (χ2n) is 5.11. The van der Waals surface area contributed by atoms with Gasteiger partial charge in [-0.25, -0.2) is 4.39 Å². The Kier molecular flexibility index (Phi) is 5.78. The van der Waals surface area contributed by atoms with Gasteiger partial charge in [0.1, 0.15) is 5.82 Å². The van der Waals surface area contributed by atoms with Crippen LogP contribution in [0.4, 0.5) is 4.39 Å². The molecule has 0 saturated carbocycles. The second-order valence-corrected chi connectivity index (χ2v) is 5.11. The van der Waals surface area contributed by atoms with E-state index >= 15 is 0 Å². The minimum Gasteiger partial charge on any atom is -0.493 e. The fraction of sp³-hybridized carbons (Fsp3) is 0.333. The molecule has 0 aliphatic carbocycles. The maximum absolute atomic E-state index is 13.4. The third-order valence-corrected chi connectivity index (χ3v) is 3.61. The zero-order valence-electron chi connectivity index (χ0n) is 13.0. The lowest BCUT2D eigenvalue weighted by Crippen LogP contribution is -2.15. The molecular formula is C18H22FNO2. The van der Waals surface area contributed by atoms with E-state index in [4.69, 9.17) is 15.2 Å². The molecular weight excluding hydrogens is 281 g/mol. The van der Waals surface area contributed by atoms with E-state index in [1.807, 2.05) is 31.2 Å². The lowest BCUT2D eigenvalue weighted by Gasteiger charge is -2.17. The number of methoxy groups -OCH3 is 1. The van der Waals surface area contributed by atoms with E-state index in [1.54, 1.807) is 19.2 Å². The van der Waals surface area contributed by atoms with E-state index in [0.29, 0.717) is 18.9 Å². The Morgan fingerprint density at radius 2 is 1.95 bits per heavy atom. The molecule has 1 unspecified atom stereocenters. The quantitative estimate of drug-likeness (QED) is 0.851. The summed E-state index contributed by atoms with van der Waals surface area (Å²) in [6.07, 6.45) is 0.725. The molecule has 0 amide bonds. The highest BCUT2D eigenvalue weighted by Gasteiger charge is 2.13. The SMILES string of the molecule is CCOc1ccc(CC(CN)c2cccc(F)c2)cc1OC. The Bertz CT molecular complexity index is 616. The van der Waals surface area contributed by atoms with Crippen LogP contribution in [0.25, 0.3) is 0 Å². The van der Waals surface area contributed by atoms with Crippen molar-refractivity contribution in [1.29, 1.82) is 0 Å². The predicted molar refractivity (Wildman–Crippen MR) is 86.1 cm³/mol. The van der Waals surface area contributed by atoms with E-state index in [0.717, 1.165) is 23.3 Å². The molecule has 0 saturated heterocycles. The maximum Gasteiger partial charge on any atom is 0.161 e. The average molecular weight is 303 g/mol. The van der Waals surface area contributed by atoms with Crippen LogP contribution in [0.2, 0.25) is 0 Å². The number of nitrogens with two attached hydrogens (primary N) is 1. The minimum absolute atomic E-state index is 0.0679. The van der Waals surface area contributed by atoms with Gasteiger partial charge < -0.3 is 15.2 Å². The lowest BCUT2D eigenvalue weighted by atomic mass is 9.92. The van der Waals surface area contributed by atoms with Crippen LogP contribution in [0.1, 0.15) is 24.0 Å². The van der Waals surface area contributed by atoms with E-state index < -0.39 is 0 Å². The largest absolute Gasteiger partial charge is 0.493 e. The van der Waals surface area contributed by atoms with Gasteiger partial charge in [0.25, 0.3) is 0 Å². The summed E-state index contributed by atoms with van der Waals surface area (Å²) in [6, 6.07) is 12.5. The topological polar surface area (TPSA) is 44.5 Å². The zero-order chi connectivity index (χ0) is 15.9. The predicted octanol–water partition coefficient (Wildman–Crippen LogP) is 3.52. The van der Waals surface area contributed by atoms with Crippen molar-refractivity contribution in [1.82, 2.24) is 0 Å². The van der Waals surface area contributed by atoms with Crippen LogP contribution in [0.15, 0.2) is 42.5 Å². The highest BCUT2D eigenvalue weighted by molar-refractivity contribution is 5.43. The van der Waals surface area contributed by atoms with Crippen molar-refractivity contribution in [3.05, 3.63) is 59.4 Å². The van der Waals surface area contributed by atoms with Crippen LogP contribution in [-0.4, -0.2) is 20.3 Å². The fourth-order valence-electron chi connectivity index (χ4n) is 2.50. The number of rotatable bonds is 7. The summed E-state index contributed by atoms with van der Waals surface area (Å²) in [7, 11) is 1.62. The van der Waals surface area contributed by atoms with Crippen LogP contribution in [0.5, 0.6) is 11.5 Å². The molecule has 0 aliphatic heterocycles. The van der Waals surface area contributed by atoms with Crippen molar-refractivity contribution >= 4 is 0 Å². The van der Waals surface area contributed by atoms with Crippen LogP contribution in [0.3, 0.4) is 0 Å². The summed E-state index contributed by atoms with van der Waals surface area (Å²) in [5.41, 5.74) is 7.87. The van der Waals surface area contributed by atoms with Crippen molar-refractivity contribution in [2.24, 2.45) is 5.73 Å². The number of benzene rings is 2. The Hall–Kier alpha value is -2.07. The van der Waals surface area contributed by atoms with Crippen molar-refractivity contribution in [2.45, 2.75) is 19.3 Å². The summed E-state index contributed by atoms with van der Waals surface area (Å²) in [4.78, 5) is 0. The van der Waals surface area contributed by atoms with Gasteiger partial charge in [0.2, 0.25) is 0 Å². The van der Waals surface area contributed by atoms with E-state index in [-0.39, 0.29) is 11.7 Å². The van der Waals surface area contributed by atoms with Crippen LogP contribution in [-0.2, 0) is 6.42 Å². The molecule has 0 radical (unpaired) electrons. The number of halogens is 1. The molecule has 1 atom stereocenters. The molecule has 118 valence electrons. The molecule has 2 N–H and O–H groups in total. The molecule has 22 heavy (non-hydrogen) atoms. The molecule has 0 fully saturated rings. The standard InChI is InChI=1S/C18H22FNO2/c1-3-22-17-8-7-13(10-18(17)21-2)9-15(12-20)14-5-4-6-16(19)11-14/h4-8,10-11,15H,3,9,12,20H2,1-2H3. The number of ether oxygens (including phenoxy) is 2. The molecule has 4 heteroatoms. The first kappa shape index (κ1) is 16.3. The first-order chi connectivity index (χ1) is 10.7. The zero-order valence-corrected chi connectivity index (χ0v) is 13.0. The first-order valence-corrected chi connectivity index (χ1v) is 7.43. The van der Waals surface area contributed by atoms with E-state index in [2.05, 4.69) is 0 Å². The molecule has 3 nitrogen and oxygen atoms in total. The Morgan fingerprint density at radius 1 is 1.14 bits per heavy atom. The third-order valence-electron chi connectivity index (χ3n) is 3.61. The van der Waals surface area contributed by atoms with Gasteiger partial charge in [0.05, 0.1) is 13.7 Å². The molecule has 2 aromatic rings. The Morgan fingerprint density at radius 3 is 2.59 bits per heavy atom. The average Bonchev–Trinajstić information content (AvgIpc) is 2.54. The lowest BCUT2D eigenvalue weighted by molar-refractivity contribution is 0.310. The number of hydrogen-bond donors (Lipinski definition) is 1. The monoisotopic (exact) mass is 303 g/mol. The molecule has 2 rings (SSSR count). The number of hydrogen-bond acceptors (Lipinski definition) is 3. The van der Waals surface area contributed by atoms with Crippen molar-refractivity contribution in [2.75, 3.05) is 20.3 Å². The van der Waals surface area contributed by atoms with Gasteiger partial charge in [-0.1, -0.05) is 18.2 Å². The fourth-order valence-corrected chi connectivity index (χ4v) is 2.50. The van der Waals surface area contributed by atoms with Gasteiger partial charge >= 0.3 is 0 Å². The Labute approximate surface area is 130 Å². The highest BCUT2D eigenvalue weighted by Crippen LogP contribution is 2.30. The smallest absolute Gasteiger partial charge is 0.161 e. The highest BCUT2D eigenvalue weighted by atomic mass is 19.1. The first-order valence-electron chi connectivity index (χ1n) is 7.43. The molecule has 0 spiro atoms. The van der Waals surface area contributed by atoms with Crippen molar-refractivity contribution in [3.63, 3.8) is 0 Å². The summed E-state index contributed by atoms with van der Waals surface area (Å²) in [5, 5.41) is 0. The summed E-state index contributed by atoms with van der Waals surface area (Å²) in [5.74, 6) is 1.26. The molecule has 0 aliphatic rings. The van der Waals surface area contributed by atoms with Gasteiger partial charge in [-0.15, -0.1) is 0 Å². The molecule has 0 bridgehead atoms. The van der Waals surface area contributed by atoms with Crippen LogP contribution in [0, 0.1) is 5.82 Å². The maximum atomic E-state index is 13.4. The summed E-state index contributed by atoms with van der Waals surface area (Å²) < 4.78 is 24.3. The van der Waals surface area contributed by atoms with Gasteiger partial charge in [-0.05, 0) is 55.3 Å². The minimum atomic E-state index is -0.236. The van der Waals surface area contributed by atoms with Crippen LogP contribution >= 0.6 is 0 Å². The normalized spacial score (nSPS) is 12.0. The summed E-state index contributed by atoms with van der Waals surface area (Å²) in [6.45, 7) is 2.98. The second kappa shape index (κ2) is 7.80. The molecule has 2 aromatic carbocycles. The van der Waals surface area contributed by atoms with Crippen molar-refractivity contribution in [3.8, 4) is 11.5 Å². The van der Waals surface area contributed by atoms with Gasteiger partial charge in [-0.3, -0.25) is 0 Å². The Balaban J connectivity index is 2.20.